The number of benzene rings is 2. The number of ether oxygens (including phenoxy) is 1. The highest BCUT2D eigenvalue weighted by atomic mass is 35.5. The third kappa shape index (κ3) is 4.40. The summed E-state index contributed by atoms with van der Waals surface area (Å²) >= 11 is 6.03. The van der Waals surface area contributed by atoms with E-state index in [9.17, 15) is 4.79 Å². The van der Waals surface area contributed by atoms with E-state index in [1.807, 2.05) is 37.3 Å². The van der Waals surface area contributed by atoms with E-state index in [1.54, 1.807) is 29.2 Å². The Bertz CT molecular complexity index is 867. The first kappa shape index (κ1) is 17.9. The predicted molar refractivity (Wildman–Crippen MR) is 97.8 cm³/mol. The number of aromatic nitrogens is 2. The lowest BCUT2D eigenvalue weighted by molar-refractivity contribution is -0.134. The Morgan fingerprint density at radius 1 is 1.15 bits per heavy atom. The summed E-state index contributed by atoms with van der Waals surface area (Å²) in [5.41, 5.74) is 0.860. The molecule has 1 heterocycles. The molecular weight excluding hydrogens is 354 g/mol. The summed E-state index contributed by atoms with van der Waals surface area (Å²) in [5, 5.41) is 4.43. The molecule has 7 heteroatoms. The van der Waals surface area contributed by atoms with E-state index in [1.165, 1.54) is 0 Å². The number of carbonyl (C=O) groups is 1. The molecule has 0 saturated carbocycles. The molecule has 0 aliphatic rings. The van der Waals surface area contributed by atoms with Gasteiger partial charge < -0.3 is 14.2 Å². The van der Waals surface area contributed by atoms with Crippen molar-refractivity contribution in [1.29, 1.82) is 0 Å². The van der Waals surface area contributed by atoms with E-state index < -0.39 is 0 Å². The summed E-state index contributed by atoms with van der Waals surface area (Å²) in [5.74, 6) is 1.16. The Balaban J connectivity index is 1.61. The van der Waals surface area contributed by atoms with Crippen molar-refractivity contribution in [1.82, 2.24) is 15.0 Å². The maximum Gasteiger partial charge on any atom is 0.260 e. The summed E-state index contributed by atoms with van der Waals surface area (Å²) in [4.78, 5) is 18.3. The minimum atomic E-state index is -0.188. The average Bonchev–Trinajstić information content (AvgIpc) is 3.14. The zero-order valence-corrected chi connectivity index (χ0v) is 15.0. The van der Waals surface area contributed by atoms with Gasteiger partial charge in [-0.1, -0.05) is 59.2 Å². The van der Waals surface area contributed by atoms with Gasteiger partial charge in [-0.15, -0.1) is 0 Å². The lowest BCUT2D eigenvalue weighted by Crippen LogP contribution is -2.34. The minimum Gasteiger partial charge on any atom is -0.482 e. The summed E-state index contributed by atoms with van der Waals surface area (Å²) in [6, 6.07) is 16.5. The number of hydrogen-bond donors (Lipinski definition) is 0. The van der Waals surface area contributed by atoms with Crippen molar-refractivity contribution in [2.24, 2.45) is 0 Å². The van der Waals surface area contributed by atoms with Crippen molar-refractivity contribution in [3.05, 3.63) is 65.5 Å². The monoisotopic (exact) mass is 371 g/mol. The number of hydrogen-bond acceptors (Lipinski definition) is 5. The standard InChI is InChI=1S/C19H18ClN3O3/c1-2-23(18(24)13-25-16-11-7-6-10-15(16)20)12-17-21-19(22-26-17)14-8-4-3-5-9-14/h3-11H,2,12-13H2,1H3. The quantitative estimate of drug-likeness (QED) is 0.631. The number of halogens is 1. The van der Waals surface area contributed by atoms with E-state index in [0.717, 1.165) is 5.56 Å². The molecule has 134 valence electrons. The van der Waals surface area contributed by atoms with Crippen molar-refractivity contribution in [2.45, 2.75) is 13.5 Å². The molecule has 0 bridgehead atoms. The largest absolute Gasteiger partial charge is 0.482 e. The Morgan fingerprint density at radius 3 is 2.62 bits per heavy atom. The number of nitrogens with zero attached hydrogens (tertiary/aromatic N) is 3. The molecule has 0 saturated heterocycles. The molecule has 0 atom stereocenters. The highest BCUT2D eigenvalue weighted by Crippen LogP contribution is 2.23. The molecule has 1 amide bonds. The molecule has 0 aliphatic carbocycles. The third-order valence-electron chi connectivity index (χ3n) is 3.75. The summed E-state index contributed by atoms with van der Waals surface area (Å²) in [6.07, 6.45) is 0. The second-order valence-electron chi connectivity index (χ2n) is 5.50. The lowest BCUT2D eigenvalue weighted by atomic mass is 10.2. The van der Waals surface area contributed by atoms with E-state index in [4.69, 9.17) is 20.9 Å². The van der Waals surface area contributed by atoms with Crippen molar-refractivity contribution in [2.75, 3.05) is 13.2 Å². The first-order valence-corrected chi connectivity index (χ1v) is 8.58. The van der Waals surface area contributed by atoms with Crippen LogP contribution in [-0.2, 0) is 11.3 Å². The maximum absolute atomic E-state index is 12.4. The molecule has 0 aliphatic heterocycles. The van der Waals surface area contributed by atoms with Crippen molar-refractivity contribution in [3.8, 4) is 17.1 Å². The zero-order valence-electron chi connectivity index (χ0n) is 14.3. The van der Waals surface area contributed by atoms with Gasteiger partial charge in [0.05, 0.1) is 5.02 Å². The van der Waals surface area contributed by atoms with E-state index in [0.29, 0.717) is 29.0 Å². The molecule has 0 N–H and O–H groups in total. The van der Waals surface area contributed by atoms with Crippen LogP contribution in [0, 0.1) is 0 Å². The van der Waals surface area contributed by atoms with Gasteiger partial charge in [-0.3, -0.25) is 4.79 Å². The first-order chi connectivity index (χ1) is 12.7. The van der Waals surface area contributed by atoms with Crippen molar-refractivity contribution in [3.63, 3.8) is 0 Å². The molecule has 1 aromatic heterocycles. The van der Waals surface area contributed by atoms with Gasteiger partial charge in [0.25, 0.3) is 5.91 Å². The molecule has 3 rings (SSSR count). The smallest absolute Gasteiger partial charge is 0.260 e. The molecule has 2 aromatic carbocycles. The fourth-order valence-electron chi connectivity index (χ4n) is 2.36. The number of para-hydroxylation sites is 1. The van der Waals surface area contributed by atoms with Crippen LogP contribution in [0.15, 0.2) is 59.1 Å². The first-order valence-electron chi connectivity index (χ1n) is 8.20. The van der Waals surface area contributed by atoms with Crippen LogP contribution in [-0.4, -0.2) is 34.1 Å². The molecule has 0 radical (unpaired) electrons. The average molecular weight is 372 g/mol. The van der Waals surface area contributed by atoms with Gasteiger partial charge in [0.15, 0.2) is 6.61 Å². The second-order valence-corrected chi connectivity index (χ2v) is 5.91. The fourth-order valence-corrected chi connectivity index (χ4v) is 2.55. The maximum atomic E-state index is 12.4. The second kappa shape index (κ2) is 8.49. The summed E-state index contributed by atoms with van der Waals surface area (Å²) in [6.45, 7) is 2.48. The fraction of sp³-hybridized carbons (Fsp3) is 0.211. The van der Waals surface area contributed by atoms with Crippen LogP contribution < -0.4 is 4.74 Å². The van der Waals surface area contributed by atoms with E-state index >= 15 is 0 Å². The molecule has 0 fully saturated rings. The minimum absolute atomic E-state index is 0.114. The number of carbonyl (C=O) groups excluding carboxylic acids is 1. The van der Waals surface area contributed by atoms with Crippen LogP contribution >= 0.6 is 11.6 Å². The van der Waals surface area contributed by atoms with Gasteiger partial charge in [-0.05, 0) is 19.1 Å². The Labute approximate surface area is 156 Å². The number of rotatable bonds is 7. The lowest BCUT2D eigenvalue weighted by Gasteiger charge is -2.19. The highest BCUT2D eigenvalue weighted by molar-refractivity contribution is 6.32. The molecule has 3 aromatic rings. The normalized spacial score (nSPS) is 10.5. The number of likely N-dealkylation sites (N-methyl/N-ethyl adjacent to an activating group) is 1. The summed E-state index contributed by atoms with van der Waals surface area (Å²) < 4.78 is 10.8. The predicted octanol–water partition coefficient (Wildman–Crippen LogP) is 3.82. The van der Waals surface area contributed by atoms with Crippen LogP contribution in [0.1, 0.15) is 12.8 Å². The molecule has 0 unspecified atom stereocenters. The van der Waals surface area contributed by atoms with Crippen LogP contribution in [0.4, 0.5) is 0 Å². The Morgan fingerprint density at radius 2 is 1.88 bits per heavy atom. The van der Waals surface area contributed by atoms with Gasteiger partial charge in [0.1, 0.15) is 12.3 Å². The van der Waals surface area contributed by atoms with Crippen LogP contribution in [0.3, 0.4) is 0 Å². The Kier molecular flexibility index (Phi) is 5.86. The van der Waals surface area contributed by atoms with Crippen molar-refractivity contribution >= 4 is 17.5 Å². The molecule has 0 spiro atoms. The SMILES string of the molecule is CCN(Cc1nc(-c2ccccc2)no1)C(=O)COc1ccccc1Cl. The van der Waals surface area contributed by atoms with E-state index in [2.05, 4.69) is 10.1 Å². The topological polar surface area (TPSA) is 68.5 Å². The summed E-state index contributed by atoms with van der Waals surface area (Å²) in [7, 11) is 0. The zero-order chi connectivity index (χ0) is 18.4. The highest BCUT2D eigenvalue weighted by Gasteiger charge is 2.17. The van der Waals surface area contributed by atoms with Crippen LogP contribution in [0.5, 0.6) is 5.75 Å². The molecule has 26 heavy (non-hydrogen) atoms. The third-order valence-corrected chi connectivity index (χ3v) is 4.06. The molecule has 6 nitrogen and oxygen atoms in total. The van der Waals surface area contributed by atoms with Gasteiger partial charge in [0.2, 0.25) is 11.7 Å². The van der Waals surface area contributed by atoms with E-state index in [-0.39, 0.29) is 19.1 Å². The Hall–Kier alpha value is -2.86. The number of amides is 1. The van der Waals surface area contributed by atoms with Gasteiger partial charge in [-0.25, -0.2) is 0 Å². The van der Waals surface area contributed by atoms with Gasteiger partial charge in [-0.2, -0.15) is 4.98 Å². The van der Waals surface area contributed by atoms with Gasteiger partial charge in [0, 0.05) is 12.1 Å². The van der Waals surface area contributed by atoms with Gasteiger partial charge >= 0.3 is 0 Å². The van der Waals surface area contributed by atoms with Crippen LogP contribution in [0.2, 0.25) is 5.02 Å². The van der Waals surface area contributed by atoms with Crippen LogP contribution in [0.25, 0.3) is 11.4 Å². The van der Waals surface area contributed by atoms with Crippen molar-refractivity contribution < 1.29 is 14.1 Å². The molecular formula is C19H18ClN3O3.